The van der Waals surface area contributed by atoms with Crippen LogP contribution in [0, 0.1) is 129 Å². The van der Waals surface area contributed by atoms with Crippen molar-refractivity contribution in [1.82, 2.24) is 19.9 Å². The minimum atomic E-state index is -0.475. The lowest BCUT2D eigenvalue weighted by Crippen LogP contribution is -2.27. The first-order chi connectivity index (χ1) is 35.3. The molecule has 10 heteroatoms. The fourth-order valence-electron chi connectivity index (χ4n) is 7.17. The van der Waals surface area contributed by atoms with E-state index >= 15 is 0 Å². The average Bonchev–Trinajstić information content (AvgIpc) is 3.36. The Morgan fingerprint density at radius 3 is 1.09 bits per heavy atom. The zero-order valence-corrected chi connectivity index (χ0v) is 49.0. The smallest absolute Gasteiger partial charge is 0.154 e. The number of hydrogen-bond acceptors (Lipinski definition) is 6. The van der Waals surface area contributed by atoms with Crippen LogP contribution >= 0.6 is 0 Å². The molecule has 422 valence electrons. The van der Waals surface area contributed by atoms with Gasteiger partial charge in [0.15, 0.2) is 6.29 Å². The van der Waals surface area contributed by atoms with Gasteiger partial charge in [-0.15, -0.1) is 0 Å². The van der Waals surface area contributed by atoms with E-state index in [1.807, 2.05) is 72.3 Å². The van der Waals surface area contributed by atoms with E-state index in [2.05, 4.69) is 98.7 Å². The van der Waals surface area contributed by atoms with Crippen molar-refractivity contribution in [3.05, 3.63) is 189 Å². The van der Waals surface area contributed by atoms with Gasteiger partial charge in [0.1, 0.15) is 29.1 Å². The van der Waals surface area contributed by atoms with Crippen molar-refractivity contribution < 1.29 is 27.0 Å². The van der Waals surface area contributed by atoms with Gasteiger partial charge in [-0.2, -0.15) is 0 Å². The summed E-state index contributed by atoms with van der Waals surface area (Å²) in [5.41, 5.74) is 9.29. The van der Waals surface area contributed by atoms with E-state index in [9.17, 15) is 17.6 Å². The van der Waals surface area contributed by atoms with Gasteiger partial charge < -0.3 is 9.47 Å². The van der Waals surface area contributed by atoms with Crippen molar-refractivity contribution in [3.8, 4) is 0 Å². The number of benzene rings is 3. The molecule has 0 amide bonds. The van der Waals surface area contributed by atoms with Crippen LogP contribution in [0.2, 0.25) is 0 Å². The number of aryl methyl sites for hydroxylation is 10. The molecule has 76 heavy (non-hydrogen) atoms. The highest BCUT2D eigenvalue weighted by atomic mass is 19.1. The topological polar surface area (TPSA) is 70.0 Å². The molecule has 9 rings (SSSR count). The molecule has 0 N–H and O–H groups in total. The Morgan fingerprint density at radius 1 is 0.382 bits per heavy atom. The molecular formula is C66H98F4N4O2. The summed E-state index contributed by atoms with van der Waals surface area (Å²) in [6.07, 6.45) is 20.1. The third-order valence-electron chi connectivity index (χ3n) is 12.6. The van der Waals surface area contributed by atoms with Gasteiger partial charge in [0.05, 0.1) is 19.4 Å². The van der Waals surface area contributed by atoms with Crippen LogP contribution in [0.5, 0.6) is 0 Å². The molecule has 0 radical (unpaired) electrons. The Morgan fingerprint density at radius 2 is 0.776 bits per heavy atom. The highest BCUT2D eigenvalue weighted by Gasteiger charge is 2.15. The summed E-state index contributed by atoms with van der Waals surface area (Å²) in [5.74, 6) is 4.14. The zero-order valence-electron chi connectivity index (χ0n) is 49.0. The lowest BCUT2D eigenvalue weighted by molar-refractivity contribution is -0.187. The van der Waals surface area contributed by atoms with Gasteiger partial charge in [0.2, 0.25) is 0 Å². The quantitative estimate of drug-likeness (QED) is 0.141. The molecule has 0 spiro atoms. The predicted octanol–water partition coefficient (Wildman–Crippen LogP) is 19.0. The Hall–Kier alpha value is -5.32. The minimum Gasteiger partial charge on any atom is -0.353 e. The first-order valence-electron chi connectivity index (χ1n) is 27.0. The van der Waals surface area contributed by atoms with Gasteiger partial charge >= 0.3 is 0 Å². The Balaban J connectivity index is 0.000000832. The Bertz CT molecular complexity index is 2110. The number of rotatable bonds is 0. The summed E-state index contributed by atoms with van der Waals surface area (Å²) >= 11 is 0. The molecular weight excluding hydrogens is 957 g/mol. The molecule has 6 aromatic rings. The molecule has 3 aromatic heterocycles. The van der Waals surface area contributed by atoms with Crippen molar-refractivity contribution in [2.75, 3.05) is 13.2 Å². The fourth-order valence-corrected chi connectivity index (χ4v) is 7.17. The minimum absolute atomic E-state index is 0. The fraction of sp³-hybridized carbons (Fsp3) is 0.515. The summed E-state index contributed by atoms with van der Waals surface area (Å²) in [6.45, 7) is 35.8. The van der Waals surface area contributed by atoms with Crippen molar-refractivity contribution in [3.63, 3.8) is 0 Å². The number of halogens is 4. The summed E-state index contributed by atoms with van der Waals surface area (Å²) in [7, 11) is 0. The molecule has 6 nitrogen and oxygen atoms in total. The highest BCUT2D eigenvalue weighted by molar-refractivity contribution is 5.24. The van der Waals surface area contributed by atoms with E-state index in [0.29, 0.717) is 17.0 Å². The molecule has 0 atom stereocenters. The van der Waals surface area contributed by atoms with Crippen LogP contribution < -0.4 is 0 Å². The lowest BCUT2D eigenvalue weighted by Gasteiger charge is -2.24. The van der Waals surface area contributed by atoms with Gasteiger partial charge in [-0.3, -0.25) is 9.97 Å². The van der Waals surface area contributed by atoms with Gasteiger partial charge in [-0.1, -0.05) is 147 Å². The first kappa shape index (κ1) is 70.7. The Labute approximate surface area is 459 Å². The van der Waals surface area contributed by atoms with Crippen LogP contribution in [-0.2, 0) is 9.47 Å². The molecule has 4 heterocycles. The van der Waals surface area contributed by atoms with Crippen molar-refractivity contribution in [1.29, 1.82) is 0 Å². The third kappa shape index (κ3) is 35.8. The van der Waals surface area contributed by atoms with E-state index in [0.717, 1.165) is 65.1 Å². The van der Waals surface area contributed by atoms with Crippen molar-refractivity contribution in [2.24, 2.45) is 29.6 Å². The second kappa shape index (κ2) is 40.0. The van der Waals surface area contributed by atoms with Gasteiger partial charge in [0, 0.05) is 42.0 Å². The highest BCUT2D eigenvalue weighted by Crippen LogP contribution is 2.28. The zero-order chi connectivity index (χ0) is 56.5. The second-order valence-electron chi connectivity index (χ2n) is 21.3. The van der Waals surface area contributed by atoms with E-state index in [-0.39, 0.29) is 30.9 Å². The van der Waals surface area contributed by atoms with Crippen LogP contribution in [0.4, 0.5) is 17.6 Å². The molecule has 3 aliphatic rings. The summed E-state index contributed by atoms with van der Waals surface area (Å²) in [6, 6.07) is 21.8. The summed E-state index contributed by atoms with van der Waals surface area (Å²) in [4.78, 5) is 15.6. The third-order valence-corrected chi connectivity index (χ3v) is 12.6. The molecule has 1 aliphatic heterocycles. The standard InChI is InChI=1S/C8H8F2.C8H9F.2C8H16.C8H10.C7H9N.C6H6FN.C6H8N2.C6H12O2.CH4/c1-5-3-7(9)6(2)8(10)4-5;1-6-3-4-7(2)8(9)5-6;3*1-7-3-5-8(2)6-4-7;1-6-3-4-7(2)8-5-6;1-5-2-6(7)4-8-3-5;2*1-5-3-7-6(2)8-4-5;/h3-4H,1-2H3;3-5H,1-2H3;2*7-8H,3-6H2,1-2H3;3-6H,1-2H3;3-5H,1-2H3;2-4H,1H3;3-4H,1-2H3;5-6H,3-4H2,1-2H3;1H4. The number of aromatic nitrogens is 4. The lowest BCUT2D eigenvalue weighted by atomic mass is 9.84. The second-order valence-corrected chi connectivity index (χ2v) is 21.3. The van der Waals surface area contributed by atoms with Crippen LogP contribution in [0.1, 0.15) is 162 Å². The largest absolute Gasteiger partial charge is 0.353 e. The van der Waals surface area contributed by atoms with Crippen LogP contribution in [0.3, 0.4) is 0 Å². The summed E-state index contributed by atoms with van der Waals surface area (Å²) in [5, 5.41) is 0. The van der Waals surface area contributed by atoms with Crippen LogP contribution in [0.15, 0.2) is 104 Å². The number of pyridine rings is 2. The summed E-state index contributed by atoms with van der Waals surface area (Å²) < 4.78 is 60.2. The molecule has 3 aromatic carbocycles. The van der Waals surface area contributed by atoms with Gasteiger partial charge in [-0.05, 0) is 170 Å². The molecule has 2 aliphatic carbocycles. The normalized spacial score (nSPS) is 18.9. The molecule has 2 saturated carbocycles. The molecule has 3 fully saturated rings. The van der Waals surface area contributed by atoms with Gasteiger partial charge in [-0.25, -0.2) is 27.5 Å². The van der Waals surface area contributed by atoms with Crippen molar-refractivity contribution >= 4 is 0 Å². The Kier molecular flexibility index (Phi) is 37.2. The van der Waals surface area contributed by atoms with E-state index in [1.54, 1.807) is 33.0 Å². The van der Waals surface area contributed by atoms with Crippen LogP contribution in [-0.4, -0.2) is 39.4 Å². The molecule has 1 saturated heterocycles. The SMILES string of the molecule is C.CC1CCC(C)CC1.CC1CCC(C)CC1.CC1COC(C)OC1.Cc1cc(F)c(C)c(F)c1.Cc1ccc(C)c(F)c1.Cc1ccc(C)cc1.Cc1ccc(C)nc1.Cc1cnc(C)nc1.Cc1cncc(F)c1. The number of hydrogen-bond donors (Lipinski definition) is 0. The maximum absolute atomic E-state index is 12.6. The van der Waals surface area contributed by atoms with Crippen LogP contribution in [0.25, 0.3) is 0 Å². The van der Waals surface area contributed by atoms with Crippen molar-refractivity contribution in [2.45, 2.75) is 183 Å². The first-order valence-corrected chi connectivity index (χ1v) is 27.0. The number of ether oxygens (including phenoxy) is 2. The van der Waals surface area contributed by atoms with E-state index in [1.165, 1.54) is 105 Å². The number of nitrogens with zero attached hydrogens (tertiary/aromatic N) is 4. The average molecular weight is 1060 g/mol. The monoisotopic (exact) mass is 1050 g/mol. The molecule has 0 bridgehead atoms. The predicted molar refractivity (Wildman–Crippen MR) is 313 cm³/mol. The van der Waals surface area contributed by atoms with E-state index < -0.39 is 11.6 Å². The maximum atomic E-state index is 12.6. The maximum Gasteiger partial charge on any atom is 0.154 e. The molecule has 0 unspecified atom stereocenters. The van der Waals surface area contributed by atoms with Gasteiger partial charge in [0.25, 0.3) is 0 Å². The van der Waals surface area contributed by atoms with E-state index in [4.69, 9.17) is 9.47 Å².